The van der Waals surface area contributed by atoms with Gasteiger partial charge in [-0.15, -0.1) is 0 Å². The second kappa shape index (κ2) is 31.6. The number of benzene rings is 3. The molecule has 20 N–H and O–H groups in total. The van der Waals surface area contributed by atoms with E-state index in [-0.39, 0.29) is 75.3 Å². The Kier molecular flexibility index (Phi) is 25.2. The SMILES string of the molecule is C[C@H](NC(=O)[C@H](CO)NC(=O)[C@H](CC(N)=O)NC(=O)[C@H](Cc1ccc(O)cc1)NC(=O)[C@H](CCCCN)NC(=O)[C@@H](N)CCC(N)=O)C(=O)N1CCC[C@H]1C(=O)N[C@@H](Cc1ccc(O)cc1)C(=O)N[C@@H](Cc1ccc(O)cc1)C(=O)O. The molecule has 0 bridgehead atoms. The second-order valence-electron chi connectivity index (χ2n) is 19.5. The number of rotatable bonds is 32. The van der Waals surface area contributed by atoms with Gasteiger partial charge in [-0.2, -0.15) is 0 Å². The number of aliphatic hydroxyl groups excluding tert-OH is 1. The summed E-state index contributed by atoms with van der Waals surface area (Å²) in [5.74, 6) is -11.1. The van der Waals surface area contributed by atoms with Crippen LogP contribution < -0.4 is 60.2 Å². The summed E-state index contributed by atoms with van der Waals surface area (Å²) in [7, 11) is 0. The third kappa shape index (κ3) is 21.0. The van der Waals surface area contributed by atoms with Gasteiger partial charge in [0.15, 0.2) is 0 Å². The molecule has 0 saturated carbocycles. The Bertz CT molecular complexity index is 2700. The van der Waals surface area contributed by atoms with Crippen molar-refractivity contribution in [1.82, 2.24) is 42.1 Å². The van der Waals surface area contributed by atoms with Crippen LogP contribution in [0.3, 0.4) is 0 Å². The zero-order chi connectivity index (χ0) is 59.9. The highest BCUT2D eigenvalue weighted by Crippen LogP contribution is 2.21. The molecule has 9 atom stereocenters. The molecule has 440 valence electrons. The third-order valence-electron chi connectivity index (χ3n) is 13.0. The predicted octanol–water partition coefficient (Wildman–Crippen LogP) is -4.09. The molecule has 0 unspecified atom stereocenters. The molecule has 0 radical (unpaired) electrons. The van der Waals surface area contributed by atoms with Crippen LogP contribution in [0.25, 0.3) is 0 Å². The van der Waals surface area contributed by atoms with Gasteiger partial charge < -0.3 is 90.6 Å². The maximum Gasteiger partial charge on any atom is 0.326 e. The van der Waals surface area contributed by atoms with E-state index in [4.69, 9.17) is 22.9 Å². The van der Waals surface area contributed by atoms with Crippen molar-refractivity contribution < 1.29 is 78.3 Å². The van der Waals surface area contributed by atoms with Crippen LogP contribution in [0.5, 0.6) is 17.2 Å². The molecule has 1 heterocycles. The van der Waals surface area contributed by atoms with Gasteiger partial charge in [0.25, 0.3) is 0 Å². The van der Waals surface area contributed by atoms with E-state index in [0.29, 0.717) is 36.0 Å². The van der Waals surface area contributed by atoms with Crippen LogP contribution >= 0.6 is 0 Å². The van der Waals surface area contributed by atoms with Crippen LogP contribution in [-0.4, -0.2) is 170 Å². The van der Waals surface area contributed by atoms with Crippen LogP contribution in [0.4, 0.5) is 0 Å². The summed E-state index contributed by atoms with van der Waals surface area (Å²) in [6.07, 6.45) is -0.682. The number of carbonyl (C=O) groups excluding carboxylic acids is 10. The van der Waals surface area contributed by atoms with E-state index in [1.54, 1.807) is 0 Å². The van der Waals surface area contributed by atoms with Gasteiger partial charge in [0.1, 0.15) is 65.6 Å². The number of amides is 10. The highest BCUT2D eigenvalue weighted by molar-refractivity contribution is 5.99. The molecule has 10 amide bonds. The number of nitrogens with zero attached hydrogens (tertiary/aromatic N) is 1. The molecule has 28 nitrogen and oxygen atoms in total. The first-order chi connectivity index (χ1) is 38.4. The Labute approximate surface area is 465 Å². The van der Waals surface area contributed by atoms with E-state index in [9.17, 15) is 78.3 Å². The number of likely N-dealkylation sites (tertiary alicyclic amines) is 1. The number of carboxylic acids is 1. The molecule has 1 saturated heterocycles. The first kappa shape index (κ1) is 64.6. The van der Waals surface area contributed by atoms with E-state index in [1.807, 2.05) is 0 Å². The minimum absolute atomic E-state index is 0.0126. The fourth-order valence-corrected chi connectivity index (χ4v) is 8.58. The van der Waals surface area contributed by atoms with Crippen molar-refractivity contribution in [2.24, 2.45) is 22.9 Å². The van der Waals surface area contributed by atoms with Gasteiger partial charge in [0, 0.05) is 32.2 Å². The Morgan fingerprint density at radius 2 is 0.988 bits per heavy atom. The summed E-state index contributed by atoms with van der Waals surface area (Å²) in [5, 5.41) is 66.8. The normalized spacial score (nSPS) is 15.9. The quantitative estimate of drug-likeness (QED) is 0.0264. The Morgan fingerprint density at radius 3 is 1.47 bits per heavy atom. The van der Waals surface area contributed by atoms with Crippen molar-refractivity contribution in [3.8, 4) is 17.2 Å². The zero-order valence-electron chi connectivity index (χ0n) is 44.5. The molecular formula is C53H72N12O16. The number of nitrogens with two attached hydrogens (primary N) is 4. The van der Waals surface area contributed by atoms with Crippen molar-refractivity contribution in [1.29, 1.82) is 0 Å². The molecule has 0 aliphatic carbocycles. The number of hydrogen-bond acceptors (Lipinski definition) is 17. The van der Waals surface area contributed by atoms with E-state index in [2.05, 4.69) is 37.2 Å². The molecule has 28 heteroatoms. The minimum atomic E-state index is -1.85. The van der Waals surface area contributed by atoms with E-state index >= 15 is 0 Å². The average Bonchev–Trinajstić information content (AvgIpc) is 3.96. The van der Waals surface area contributed by atoms with E-state index in [0.717, 1.165) is 4.90 Å². The lowest BCUT2D eigenvalue weighted by Gasteiger charge is -2.29. The molecule has 1 aliphatic rings. The van der Waals surface area contributed by atoms with Crippen molar-refractivity contribution in [2.75, 3.05) is 19.7 Å². The zero-order valence-corrected chi connectivity index (χ0v) is 44.5. The fraction of sp³-hybridized carbons (Fsp3) is 0.453. The maximum atomic E-state index is 14.1. The van der Waals surface area contributed by atoms with E-state index < -0.39 is 132 Å². The fourth-order valence-electron chi connectivity index (χ4n) is 8.58. The Morgan fingerprint density at radius 1 is 0.556 bits per heavy atom. The number of phenols is 3. The van der Waals surface area contributed by atoms with E-state index in [1.165, 1.54) is 79.7 Å². The lowest BCUT2D eigenvalue weighted by Crippen LogP contribution is -2.61. The van der Waals surface area contributed by atoms with Crippen LogP contribution in [0.1, 0.15) is 75.0 Å². The second-order valence-corrected chi connectivity index (χ2v) is 19.5. The van der Waals surface area contributed by atoms with Crippen molar-refractivity contribution in [3.63, 3.8) is 0 Å². The largest absolute Gasteiger partial charge is 0.508 e. The number of phenolic OH excluding ortho intramolecular Hbond substituents is 3. The molecular weight excluding hydrogens is 1060 g/mol. The number of carboxylic acid groups (broad SMARTS) is 1. The first-order valence-electron chi connectivity index (χ1n) is 26.0. The number of primary amides is 2. The summed E-state index contributed by atoms with van der Waals surface area (Å²) in [4.78, 5) is 147. The van der Waals surface area contributed by atoms with Gasteiger partial charge in [-0.1, -0.05) is 36.4 Å². The summed E-state index contributed by atoms with van der Waals surface area (Å²) in [6.45, 7) is 0.429. The third-order valence-corrected chi connectivity index (χ3v) is 13.0. The highest BCUT2D eigenvalue weighted by Gasteiger charge is 2.40. The Hall–Kier alpha value is -8.89. The molecule has 3 aromatic rings. The number of aliphatic hydroxyl groups is 1. The highest BCUT2D eigenvalue weighted by atomic mass is 16.4. The summed E-state index contributed by atoms with van der Waals surface area (Å²) < 4.78 is 0. The minimum Gasteiger partial charge on any atom is -0.508 e. The van der Waals surface area contributed by atoms with Gasteiger partial charge in [-0.25, -0.2) is 4.79 Å². The number of hydrogen-bond donors (Lipinski definition) is 16. The first-order valence-corrected chi connectivity index (χ1v) is 26.0. The molecule has 0 aromatic heterocycles. The lowest BCUT2D eigenvalue weighted by atomic mass is 10.0. The summed E-state index contributed by atoms with van der Waals surface area (Å²) in [6, 6.07) is 3.51. The van der Waals surface area contributed by atoms with Gasteiger partial charge in [0.05, 0.1) is 19.1 Å². The van der Waals surface area contributed by atoms with Crippen LogP contribution in [0, 0.1) is 0 Å². The smallest absolute Gasteiger partial charge is 0.326 e. The van der Waals surface area contributed by atoms with Crippen molar-refractivity contribution in [3.05, 3.63) is 89.5 Å². The van der Waals surface area contributed by atoms with Gasteiger partial charge >= 0.3 is 5.97 Å². The topological polar surface area (TPSA) is 480 Å². The van der Waals surface area contributed by atoms with Crippen LogP contribution in [0.2, 0.25) is 0 Å². The van der Waals surface area contributed by atoms with Gasteiger partial charge in [-0.05, 0) is 105 Å². The monoisotopic (exact) mass is 1130 g/mol. The number of carbonyl (C=O) groups is 11. The summed E-state index contributed by atoms with van der Waals surface area (Å²) in [5.41, 5.74) is 23.5. The summed E-state index contributed by atoms with van der Waals surface area (Å²) >= 11 is 0. The number of nitrogens with one attached hydrogen (secondary N) is 7. The van der Waals surface area contributed by atoms with Gasteiger partial charge in [0.2, 0.25) is 59.1 Å². The van der Waals surface area contributed by atoms with Crippen LogP contribution in [0.15, 0.2) is 72.8 Å². The molecule has 1 aliphatic heterocycles. The molecule has 1 fully saturated rings. The number of unbranched alkanes of at least 4 members (excludes halogenated alkanes) is 1. The maximum absolute atomic E-state index is 14.1. The number of aliphatic carboxylic acids is 1. The average molecular weight is 1130 g/mol. The van der Waals surface area contributed by atoms with Crippen molar-refractivity contribution >= 4 is 65.0 Å². The molecule has 4 rings (SSSR count). The standard InChI is InChI=1S/C53H72N12O16/c1-28(52(79)65-22-4-6-42(65)51(78)62-38(24-30-9-15-33(68)16-10-30)48(75)63-40(53(80)81)25-31-11-17-34(69)18-12-31)58-50(77)41(27-66)64-49(76)39(26-44(57)71)61-47(74)37(23-29-7-13-32(67)14-8-29)60-46(73)36(5-2-3-21-54)59-45(72)35(55)19-20-43(56)70/h7-18,28,35-42,66-69H,2-6,19-27,54-55H2,1H3,(H2,56,70)(H2,57,71)(H,58,77)(H,59,72)(H,60,73)(H,61,74)(H,62,78)(H,63,75)(H,64,76)(H,80,81)/t28-,35-,36-,37-,38-,39-,40-,41-,42-/m0/s1. The lowest BCUT2D eigenvalue weighted by molar-refractivity contribution is -0.143. The molecule has 0 spiro atoms. The molecule has 3 aromatic carbocycles. The number of aromatic hydroxyl groups is 3. The Balaban J connectivity index is 1.47. The van der Waals surface area contributed by atoms with Crippen LogP contribution in [-0.2, 0) is 72.0 Å². The van der Waals surface area contributed by atoms with Crippen molar-refractivity contribution in [2.45, 2.75) is 132 Å². The van der Waals surface area contributed by atoms with Gasteiger partial charge in [-0.3, -0.25) is 47.9 Å². The molecule has 81 heavy (non-hydrogen) atoms. The predicted molar refractivity (Wildman–Crippen MR) is 287 cm³/mol.